The van der Waals surface area contributed by atoms with Crippen LogP contribution in [0, 0.1) is 0 Å². The maximum Gasteiger partial charge on any atom is 0.409 e. The Morgan fingerprint density at radius 1 is 1.09 bits per heavy atom. The highest BCUT2D eigenvalue weighted by Crippen LogP contribution is 2.25. The maximum atomic E-state index is 13.3. The van der Waals surface area contributed by atoms with Crippen molar-refractivity contribution < 1.29 is 14.3 Å². The number of benzene rings is 2. The van der Waals surface area contributed by atoms with E-state index in [2.05, 4.69) is 5.32 Å². The summed E-state index contributed by atoms with van der Waals surface area (Å²) in [6.45, 7) is 3.83. The average Bonchev–Trinajstić information content (AvgIpc) is 3.25. The largest absolute Gasteiger partial charge is 0.450 e. The molecule has 1 fully saturated rings. The first-order valence-electron chi connectivity index (χ1n) is 11.1. The third-order valence-corrected chi connectivity index (χ3v) is 5.92. The minimum Gasteiger partial charge on any atom is -0.450 e. The molecule has 0 spiro atoms. The van der Waals surface area contributed by atoms with E-state index in [9.17, 15) is 9.59 Å². The number of aromatic nitrogens is 2. The van der Waals surface area contributed by atoms with Gasteiger partial charge in [-0.25, -0.2) is 4.79 Å². The Hall–Kier alpha value is -3.32. The van der Waals surface area contributed by atoms with Crippen molar-refractivity contribution >= 4 is 23.6 Å². The molecular weight excluding hydrogens is 440 g/mol. The number of likely N-dealkylation sites (tertiary alicyclic amines) is 1. The summed E-state index contributed by atoms with van der Waals surface area (Å²) < 4.78 is 6.86. The molecule has 3 aromatic rings. The number of hydrogen-bond acceptors (Lipinski definition) is 4. The molecule has 8 heteroatoms. The average molecular weight is 467 g/mol. The first kappa shape index (κ1) is 22.9. The van der Waals surface area contributed by atoms with Crippen LogP contribution in [0.3, 0.4) is 0 Å². The van der Waals surface area contributed by atoms with Gasteiger partial charge in [0, 0.05) is 35.9 Å². The molecule has 0 bridgehead atoms. The topological polar surface area (TPSA) is 76.5 Å². The van der Waals surface area contributed by atoms with E-state index in [1.54, 1.807) is 34.8 Å². The molecule has 1 saturated heterocycles. The third kappa shape index (κ3) is 5.73. The van der Waals surface area contributed by atoms with Gasteiger partial charge in [0.05, 0.1) is 18.7 Å². The van der Waals surface area contributed by atoms with Gasteiger partial charge in [-0.1, -0.05) is 54.1 Å². The van der Waals surface area contributed by atoms with Crippen molar-refractivity contribution in [3.05, 3.63) is 76.9 Å². The van der Waals surface area contributed by atoms with E-state index in [0.717, 1.165) is 11.1 Å². The molecule has 0 radical (unpaired) electrons. The van der Waals surface area contributed by atoms with Gasteiger partial charge in [-0.15, -0.1) is 0 Å². The molecule has 1 N–H and O–H groups in total. The molecule has 2 amide bonds. The summed E-state index contributed by atoms with van der Waals surface area (Å²) >= 11 is 6.05. The summed E-state index contributed by atoms with van der Waals surface area (Å²) in [6, 6.07) is 17.3. The minimum absolute atomic E-state index is 0.0151. The zero-order valence-corrected chi connectivity index (χ0v) is 19.3. The van der Waals surface area contributed by atoms with Crippen LogP contribution in [0.4, 0.5) is 4.79 Å². The van der Waals surface area contributed by atoms with Crippen molar-refractivity contribution in [2.24, 2.45) is 0 Å². The second kappa shape index (κ2) is 10.5. The fourth-order valence-corrected chi connectivity index (χ4v) is 4.07. The van der Waals surface area contributed by atoms with E-state index in [1.165, 1.54) is 0 Å². The molecule has 4 rings (SSSR count). The van der Waals surface area contributed by atoms with Crippen molar-refractivity contribution in [2.75, 3.05) is 19.7 Å². The van der Waals surface area contributed by atoms with Gasteiger partial charge in [0.1, 0.15) is 5.69 Å². The molecule has 33 heavy (non-hydrogen) atoms. The van der Waals surface area contributed by atoms with Gasteiger partial charge in [0.15, 0.2) is 0 Å². The quantitative estimate of drug-likeness (QED) is 0.576. The second-order valence-electron chi connectivity index (χ2n) is 8.02. The summed E-state index contributed by atoms with van der Waals surface area (Å²) in [7, 11) is 0. The molecule has 172 valence electrons. The van der Waals surface area contributed by atoms with E-state index in [1.807, 2.05) is 42.5 Å². The molecule has 7 nitrogen and oxygen atoms in total. The normalized spacial score (nSPS) is 14.2. The Balaban J connectivity index is 1.51. The number of amides is 2. The first-order chi connectivity index (χ1) is 16.0. The van der Waals surface area contributed by atoms with Crippen molar-refractivity contribution in [2.45, 2.75) is 32.4 Å². The van der Waals surface area contributed by atoms with E-state index in [-0.39, 0.29) is 18.0 Å². The lowest BCUT2D eigenvalue weighted by molar-refractivity contribution is 0.0860. The predicted molar refractivity (Wildman–Crippen MR) is 127 cm³/mol. The zero-order chi connectivity index (χ0) is 23.2. The molecule has 0 saturated carbocycles. The summed E-state index contributed by atoms with van der Waals surface area (Å²) in [4.78, 5) is 26.9. The van der Waals surface area contributed by atoms with Crippen LogP contribution in [0.15, 0.2) is 60.8 Å². The molecule has 0 unspecified atom stereocenters. The summed E-state index contributed by atoms with van der Waals surface area (Å²) in [5.74, 6) is -0.172. The zero-order valence-electron chi connectivity index (χ0n) is 18.5. The van der Waals surface area contributed by atoms with Crippen molar-refractivity contribution in [1.82, 2.24) is 20.0 Å². The fourth-order valence-electron chi connectivity index (χ4n) is 3.94. The third-order valence-electron chi connectivity index (χ3n) is 5.67. The molecule has 0 aliphatic carbocycles. The SMILES string of the molecule is CCOC(=O)N1CCC(NC(=O)c2cn(Cc3ccccc3)nc2-c2ccc(Cl)cc2)CC1. The van der Waals surface area contributed by atoms with Crippen LogP contribution in [-0.4, -0.2) is 52.4 Å². The van der Waals surface area contributed by atoms with Gasteiger partial charge >= 0.3 is 6.09 Å². The van der Waals surface area contributed by atoms with E-state index >= 15 is 0 Å². The smallest absolute Gasteiger partial charge is 0.409 e. The van der Waals surface area contributed by atoms with Crippen LogP contribution in [-0.2, 0) is 11.3 Å². The van der Waals surface area contributed by atoms with Crippen LogP contribution in [0.2, 0.25) is 5.02 Å². The number of rotatable bonds is 6. The number of ether oxygens (including phenoxy) is 1. The number of carbonyl (C=O) groups is 2. The lowest BCUT2D eigenvalue weighted by Crippen LogP contribution is -2.46. The molecule has 2 aromatic carbocycles. The van der Waals surface area contributed by atoms with Crippen LogP contribution in [0.1, 0.15) is 35.7 Å². The number of carbonyl (C=O) groups excluding carboxylic acids is 2. The van der Waals surface area contributed by atoms with Crippen LogP contribution in [0.25, 0.3) is 11.3 Å². The minimum atomic E-state index is -0.297. The van der Waals surface area contributed by atoms with Gasteiger partial charge in [-0.2, -0.15) is 5.10 Å². The molecule has 1 aliphatic heterocycles. The lowest BCUT2D eigenvalue weighted by atomic mass is 10.0. The number of halogens is 1. The number of nitrogens with one attached hydrogen (secondary N) is 1. The van der Waals surface area contributed by atoms with Crippen molar-refractivity contribution in [3.63, 3.8) is 0 Å². The van der Waals surface area contributed by atoms with Crippen LogP contribution < -0.4 is 5.32 Å². The molecular formula is C25H27ClN4O3. The maximum absolute atomic E-state index is 13.3. The van der Waals surface area contributed by atoms with Gasteiger partial charge in [0.25, 0.3) is 5.91 Å². The van der Waals surface area contributed by atoms with Crippen LogP contribution >= 0.6 is 11.6 Å². The Morgan fingerprint density at radius 3 is 2.45 bits per heavy atom. The molecule has 0 atom stereocenters. The van der Waals surface area contributed by atoms with E-state index in [4.69, 9.17) is 21.4 Å². The molecule has 2 heterocycles. The van der Waals surface area contributed by atoms with Gasteiger partial charge in [-0.3, -0.25) is 9.48 Å². The Kier molecular flexibility index (Phi) is 7.29. The van der Waals surface area contributed by atoms with Crippen molar-refractivity contribution in [3.8, 4) is 11.3 Å². The van der Waals surface area contributed by atoms with Crippen molar-refractivity contribution in [1.29, 1.82) is 0 Å². The summed E-state index contributed by atoms with van der Waals surface area (Å²) in [6.07, 6.45) is 2.85. The molecule has 1 aromatic heterocycles. The fraction of sp³-hybridized carbons (Fsp3) is 0.320. The standard InChI is InChI=1S/C25H27ClN4O3/c1-2-33-25(32)29-14-12-21(13-15-29)27-24(31)22-17-30(16-18-6-4-3-5-7-18)28-23(22)19-8-10-20(26)11-9-19/h3-11,17,21H,2,12-16H2,1H3,(H,27,31). The Morgan fingerprint density at radius 2 is 1.79 bits per heavy atom. The van der Waals surface area contributed by atoms with E-state index in [0.29, 0.717) is 55.4 Å². The first-order valence-corrected chi connectivity index (χ1v) is 11.5. The molecule has 1 aliphatic rings. The van der Waals surface area contributed by atoms with Gasteiger partial charge < -0.3 is 15.0 Å². The second-order valence-corrected chi connectivity index (χ2v) is 8.45. The van der Waals surface area contributed by atoms with E-state index < -0.39 is 0 Å². The van der Waals surface area contributed by atoms with Gasteiger partial charge in [-0.05, 0) is 37.5 Å². The highest BCUT2D eigenvalue weighted by molar-refractivity contribution is 6.30. The lowest BCUT2D eigenvalue weighted by Gasteiger charge is -2.31. The Bertz CT molecular complexity index is 1090. The number of nitrogens with zero attached hydrogens (tertiary/aromatic N) is 3. The Labute approximate surface area is 198 Å². The monoisotopic (exact) mass is 466 g/mol. The van der Waals surface area contributed by atoms with Gasteiger partial charge in [0.2, 0.25) is 0 Å². The predicted octanol–water partition coefficient (Wildman–Crippen LogP) is 4.60. The number of hydrogen-bond donors (Lipinski definition) is 1. The number of piperidine rings is 1. The summed E-state index contributed by atoms with van der Waals surface area (Å²) in [5.41, 5.74) is 3.06. The van der Waals surface area contributed by atoms with Crippen LogP contribution in [0.5, 0.6) is 0 Å². The summed E-state index contributed by atoms with van der Waals surface area (Å²) in [5, 5.41) is 8.47. The highest BCUT2D eigenvalue weighted by atomic mass is 35.5. The highest BCUT2D eigenvalue weighted by Gasteiger charge is 2.26.